The van der Waals surface area contributed by atoms with Crippen molar-refractivity contribution in [1.29, 1.82) is 0 Å². The molecule has 1 aliphatic carbocycles. The molecule has 1 atom stereocenters. The first-order chi connectivity index (χ1) is 12.4. The maximum atomic E-state index is 12.2. The number of hydrogen-bond acceptors (Lipinski definition) is 5. The number of hydrogen-bond donors (Lipinski definition) is 2. The lowest BCUT2D eigenvalue weighted by atomic mass is 10.1. The van der Waals surface area contributed by atoms with E-state index in [0.29, 0.717) is 36.0 Å². The first-order valence-corrected chi connectivity index (χ1v) is 8.68. The standard InChI is InChI=1S/C18H23N5O3.ClH/c1-11-17(23(25)26)12(2)22(21-11)10-13-3-5-15(6-4-13)18(24)20-9-16(19)14-7-8-14;/h3-6,14,16H,7-10,19H2,1-2H3,(H,20,24);1H. The summed E-state index contributed by atoms with van der Waals surface area (Å²) in [6.07, 6.45) is 2.30. The second kappa shape index (κ2) is 8.49. The Balaban J connectivity index is 0.00000261. The molecule has 1 aromatic carbocycles. The monoisotopic (exact) mass is 393 g/mol. The summed E-state index contributed by atoms with van der Waals surface area (Å²) in [6.45, 7) is 4.21. The number of aryl methyl sites for hydroxylation is 1. The summed E-state index contributed by atoms with van der Waals surface area (Å²) in [6, 6.07) is 7.18. The van der Waals surface area contributed by atoms with Gasteiger partial charge in [0.1, 0.15) is 11.4 Å². The van der Waals surface area contributed by atoms with Crippen LogP contribution in [0.4, 0.5) is 5.69 Å². The van der Waals surface area contributed by atoms with Crippen molar-refractivity contribution in [2.24, 2.45) is 11.7 Å². The summed E-state index contributed by atoms with van der Waals surface area (Å²) in [7, 11) is 0. The highest BCUT2D eigenvalue weighted by molar-refractivity contribution is 5.94. The van der Waals surface area contributed by atoms with Crippen LogP contribution in [-0.2, 0) is 6.54 Å². The van der Waals surface area contributed by atoms with Crippen molar-refractivity contribution in [1.82, 2.24) is 15.1 Å². The van der Waals surface area contributed by atoms with Crippen molar-refractivity contribution >= 4 is 24.0 Å². The lowest BCUT2D eigenvalue weighted by molar-refractivity contribution is -0.386. The van der Waals surface area contributed by atoms with Crippen LogP contribution in [0.25, 0.3) is 0 Å². The van der Waals surface area contributed by atoms with Crippen LogP contribution in [0.2, 0.25) is 0 Å². The van der Waals surface area contributed by atoms with Crippen molar-refractivity contribution in [3.05, 3.63) is 56.9 Å². The summed E-state index contributed by atoms with van der Waals surface area (Å²) in [5, 5.41) is 18.2. The van der Waals surface area contributed by atoms with Crippen LogP contribution in [0.3, 0.4) is 0 Å². The van der Waals surface area contributed by atoms with Crippen molar-refractivity contribution in [2.45, 2.75) is 39.3 Å². The molecule has 3 rings (SSSR count). The van der Waals surface area contributed by atoms with Crippen molar-refractivity contribution in [3.8, 4) is 0 Å². The van der Waals surface area contributed by atoms with Crippen molar-refractivity contribution < 1.29 is 9.72 Å². The Kier molecular flexibility index (Phi) is 6.56. The van der Waals surface area contributed by atoms with Gasteiger partial charge in [-0.3, -0.25) is 19.6 Å². The predicted octanol–water partition coefficient (Wildman–Crippen LogP) is 2.35. The summed E-state index contributed by atoms with van der Waals surface area (Å²) in [5.41, 5.74) is 8.44. The molecule has 27 heavy (non-hydrogen) atoms. The molecule has 2 aromatic rings. The van der Waals surface area contributed by atoms with Crippen LogP contribution in [0.1, 0.15) is 40.2 Å². The number of aromatic nitrogens is 2. The number of halogens is 1. The number of carbonyl (C=O) groups excluding carboxylic acids is 1. The zero-order chi connectivity index (χ0) is 18.8. The molecule has 1 saturated carbocycles. The van der Waals surface area contributed by atoms with Gasteiger partial charge in [-0.05, 0) is 50.3 Å². The number of carbonyl (C=O) groups is 1. The Morgan fingerprint density at radius 3 is 2.52 bits per heavy atom. The van der Waals surface area contributed by atoms with E-state index in [1.165, 1.54) is 0 Å². The SMILES string of the molecule is Cc1nn(Cc2ccc(C(=O)NCC(N)C3CC3)cc2)c(C)c1[N+](=O)[O-].Cl. The molecule has 1 amide bonds. The molecule has 0 radical (unpaired) electrons. The largest absolute Gasteiger partial charge is 0.350 e. The van der Waals surface area contributed by atoms with Crippen LogP contribution in [-0.4, -0.2) is 33.2 Å². The second-order valence-corrected chi connectivity index (χ2v) is 6.84. The Morgan fingerprint density at radius 1 is 1.37 bits per heavy atom. The first-order valence-electron chi connectivity index (χ1n) is 8.68. The molecule has 8 nitrogen and oxygen atoms in total. The molecule has 1 aliphatic rings. The van der Waals surface area contributed by atoms with Gasteiger partial charge in [-0.2, -0.15) is 5.10 Å². The maximum Gasteiger partial charge on any atom is 0.312 e. The molecule has 1 fully saturated rings. The average molecular weight is 394 g/mol. The van der Waals surface area contributed by atoms with Crippen LogP contribution in [0.5, 0.6) is 0 Å². The van der Waals surface area contributed by atoms with Gasteiger partial charge in [0.15, 0.2) is 0 Å². The number of rotatable bonds is 7. The summed E-state index contributed by atoms with van der Waals surface area (Å²) < 4.78 is 1.61. The number of nitrogens with one attached hydrogen (secondary N) is 1. The van der Waals surface area contributed by atoms with Crippen molar-refractivity contribution in [3.63, 3.8) is 0 Å². The topological polar surface area (TPSA) is 116 Å². The van der Waals surface area contributed by atoms with Gasteiger partial charge in [-0.25, -0.2) is 0 Å². The summed E-state index contributed by atoms with van der Waals surface area (Å²) in [5.74, 6) is 0.400. The molecule has 9 heteroatoms. The molecular formula is C18H24ClN5O3. The van der Waals surface area contributed by atoms with Gasteiger partial charge in [0.2, 0.25) is 0 Å². The summed E-state index contributed by atoms with van der Waals surface area (Å²) >= 11 is 0. The number of nitrogens with two attached hydrogens (primary N) is 1. The molecule has 1 aromatic heterocycles. The predicted molar refractivity (Wildman–Crippen MR) is 104 cm³/mol. The maximum absolute atomic E-state index is 12.2. The minimum Gasteiger partial charge on any atom is -0.350 e. The van der Waals surface area contributed by atoms with Gasteiger partial charge in [0.05, 0.1) is 11.5 Å². The highest BCUT2D eigenvalue weighted by atomic mass is 35.5. The van der Waals surface area contributed by atoms with Gasteiger partial charge >= 0.3 is 5.69 Å². The van der Waals surface area contributed by atoms with E-state index >= 15 is 0 Å². The smallest absolute Gasteiger partial charge is 0.312 e. The number of nitro groups is 1. The minimum absolute atomic E-state index is 0. The van der Waals surface area contributed by atoms with Gasteiger partial charge in [0, 0.05) is 18.2 Å². The van der Waals surface area contributed by atoms with Crippen LogP contribution < -0.4 is 11.1 Å². The fourth-order valence-corrected chi connectivity index (χ4v) is 3.04. The van der Waals surface area contributed by atoms with Gasteiger partial charge in [-0.1, -0.05) is 12.1 Å². The van der Waals surface area contributed by atoms with E-state index in [0.717, 1.165) is 18.4 Å². The number of amides is 1. The van der Waals surface area contributed by atoms with Crippen LogP contribution in [0.15, 0.2) is 24.3 Å². The van der Waals surface area contributed by atoms with Crippen LogP contribution >= 0.6 is 12.4 Å². The Hall–Kier alpha value is -2.45. The lowest BCUT2D eigenvalue weighted by Crippen LogP contribution is -2.38. The Labute approximate surface area is 163 Å². The Bertz CT molecular complexity index is 830. The highest BCUT2D eigenvalue weighted by Gasteiger charge is 2.28. The lowest BCUT2D eigenvalue weighted by Gasteiger charge is -2.12. The van der Waals surface area contributed by atoms with E-state index in [4.69, 9.17) is 5.73 Å². The zero-order valence-corrected chi connectivity index (χ0v) is 16.2. The fourth-order valence-electron chi connectivity index (χ4n) is 3.04. The van der Waals surface area contributed by atoms with E-state index in [-0.39, 0.29) is 30.0 Å². The van der Waals surface area contributed by atoms with Gasteiger partial charge < -0.3 is 11.1 Å². The first kappa shape index (κ1) is 20.9. The molecule has 0 bridgehead atoms. The third kappa shape index (κ3) is 4.84. The highest BCUT2D eigenvalue weighted by Crippen LogP contribution is 2.31. The third-order valence-corrected chi connectivity index (χ3v) is 4.80. The molecule has 1 heterocycles. The summed E-state index contributed by atoms with van der Waals surface area (Å²) in [4.78, 5) is 22.9. The van der Waals surface area contributed by atoms with E-state index < -0.39 is 4.92 Å². The second-order valence-electron chi connectivity index (χ2n) is 6.84. The molecule has 0 saturated heterocycles. The van der Waals surface area contributed by atoms with E-state index in [2.05, 4.69) is 10.4 Å². The molecule has 1 unspecified atom stereocenters. The number of nitrogens with zero attached hydrogens (tertiary/aromatic N) is 3. The number of benzene rings is 1. The van der Waals surface area contributed by atoms with E-state index in [1.54, 1.807) is 30.7 Å². The fraction of sp³-hybridized carbons (Fsp3) is 0.444. The van der Waals surface area contributed by atoms with Crippen molar-refractivity contribution in [2.75, 3.05) is 6.54 Å². The zero-order valence-electron chi connectivity index (χ0n) is 15.3. The molecule has 0 aliphatic heterocycles. The van der Waals surface area contributed by atoms with E-state index in [9.17, 15) is 14.9 Å². The normalized spacial score (nSPS) is 14.3. The quantitative estimate of drug-likeness (QED) is 0.553. The van der Waals surface area contributed by atoms with Crippen LogP contribution in [0, 0.1) is 29.9 Å². The van der Waals surface area contributed by atoms with Gasteiger partial charge in [-0.15, -0.1) is 12.4 Å². The molecule has 3 N–H and O–H groups in total. The average Bonchev–Trinajstić information content (AvgIpc) is 3.40. The molecule has 146 valence electrons. The molecule has 0 spiro atoms. The minimum atomic E-state index is -0.409. The Morgan fingerprint density at radius 2 is 2.00 bits per heavy atom. The van der Waals surface area contributed by atoms with Gasteiger partial charge in [0.25, 0.3) is 5.91 Å². The van der Waals surface area contributed by atoms with E-state index in [1.807, 2.05) is 12.1 Å². The third-order valence-electron chi connectivity index (χ3n) is 4.80. The molecular weight excluding hydrogens is 370 g/mol.